The molecule has 0 aliphatic heterocycles. The molecular weight excluding hydrogens is 430 g/mol. The summed E-state index contributed by atoms with van der Waals surface area (Å²) in [6.07, 6.45) is 0.0118. The highest BCUT2D eigenvalue weighted by molar-refractivity contribution is 7.93. The van der Waals surface area contributed by atoms with E-state index in [-0.39, 0.29) is 12.0 Å². The number of ether oxygens (including phenoxy) is 1. The van der Waals surface area contributed by atoms with Crippen molar-refractivity contribution >= 4 is 27.3 Å². The first kappa shape index (κ1) is 23.3. The maximum atomic E-state index is 12.5. The SMILES string of the molecule is CC(C)Oc1ccc(NS(=O)(=O)CC(=O)Nc2ccccc2-c2n[nH]c(C(C)C)n2)cc1. The number of amides is 1. The van der Waals surface area contributed by atoms with E-state index in [0.29, 0.717) is 28.5 Å². The fourth-order valence-corrected chi connectivity index (χ4v) is 3.87. The number of carbonyl (C=O) groups excluding carboxylic acids is 1. The molecule has 1 amide bonds. The molecule has 32 heavy (non-hydrogen) atoms. The van der Waals surface area contributed by atoms with E-state index in [9.17, 15) is 13.2 Å². The molecule has 3 aromatic rings. The van der Waals surface area contributed by atoms with Crippen molar-refractivity contribution in [2.24, 2.45) is 0 Å². The quantitative estimate of drug-likeness (QED) is 0.449. The van der Waals surface area contributed by atoms with Gasteiger partial charge in [-0.05, 0) is 50.2 Å². The summed E-state index contributed by atoms with van der Waals surface area (Å²) in [6.45, 7) is 7.78. The highest BCUT2D eigenvalue weighted by Crippen LogP contribution is 2.26. The Kier molecular flexibility index (Phi) is 7.14. The Balaban J connectivity index is 1.67. The summed E-state index contributed by atoms with van der Waals surface area (Å²) in [5.74, 6) is 0.526. The number of H-pyrrole nitrogens is 1. The molecule has 3 N–H and O–H groups in total. The topological polar surface area (TPSA) is 126 Å². The van der Waals surface area contributed by atoms with Gasteiger partial charge in [0.1, 0.15) is 17.3 Å². The second kappa shape index (κ2) is 9.82. The van der Waals surface area contributed by atoms with Gasteiger partial charge in [0.15, 0.2) is 5.82 Å². The fraction of sp³-hybridized carbons (Fsp3) is 0.318. The molecule has 0 saturated heterocycles. The van der Waals surface area contributed by atoms with Crippen LogP contribution in [0, 0.1) is 0 Å². The van der Waals surface area contributed by atoms with Gasteiger partial charge in [-0.3, -0.25) is 14.6 Å². The number of benzene rings is 2. The predicted molar refractivity (Wildman–Crippen MR) is 124 cm³/mol. The van der Waals surface area contributed by atoms with Crippen LogP contribution in [0.15, 0.2) is 48.5 Å². The van der Waals surface area contributed by atoms with Gasteiger partial charge in [-0.1, -0.05) is 26.0 Å². The summed E-state index contributed by atoms with van der Waals surface area (Å²) in [4.78, 5) is 16.9. The first-order valence-corrected chi connectivity index (χ1v) is 11.9. The number of hydrogen-bond acceptors (Lipinski definition) is 6. The maximum absolute atomic E-state index is 12.5. The van der Waals surface area contributed by atoms with Crippen LogP contribution < -0.4 is 14.8 Å². The third-order valence-corrected chi connectivity index (χ3v) is 5.50. The number of rotatable bonds is 9. The molecule has 0 unspecified atom stereocenters. The lowest BCUT2D eigenvalue weighted by molar-refractivity contribution is -0.113. The zero-order valence-corrected chi connectivity index (χ0v) is 19.2. The van der Waals surface area contributed by atoms with E-state index >= 15 is 0 Å². The largest absolute Gasteiger partial charge is 0.491 e. The molecule has 0 saturated carbocycles. The summed E-state index contributed by atoms with van der Waals surface area (Å²) in [5.41, 5.74) is 1.36. The van der Waals surface area contributed by atoms with Gasteiger partial charge in [-0.25, -0.2) is 13.4 Å². The number of anilines is 2. The number of sulfonamides is 1. The molecule has 0 radical (unpaired) electrons. The zero-order chi connectivity index (χ0) is 23.3. The Bertz CT molecular complexity index is 1170. The minimum absolute atomic E-state index is 0.0118. The van der Waals surface area contributed by atoms with Gasteiger partial charge in [-0.2, -0.15) is 5.10 Å². The van der Waals surface area contributed by atoms with Crippen LogP contribution in [-0.4, -0.2) is 41.4 Å². The van der Waals surface area contributed by atoms with E-state index in [1.54, 1.807) is 48.5 Å². The van der Waals surface area contributed by atoms with E-state index in [4.69, 9.17) is 4.74 Å². The molecule has 0 aliphatic carbocycles. The van der Waals surface area contributed by atoms with Crippen molar-refractivity contribution in [2.45, 2.75) is 39.7 Å². The van der Waals surface area contributed by atoms with Gasteiger partial charge < -0.3 is 10.1 Å². The van der Waals surface area contributed by atoms with Crippen LogP contribution >= 0.6 is 0 Å². The van der Waals surface area contributed by atoms with E-state index in [1.807, 2.05) is 27.7 Å². The number of hydrogen-bond donors (Lipinski definition) is 3. The molecule has 0 fully saturated rings. The fourth-order valence-electron chi connectivity index (χ4n) is 2.89. The third-order valence-electron chi connectivity index (χ3n) is 4.31. The second-order valence-corrected chi connectivity index (χ2v) is 9.57. The van der Waals surface area contributed by atoms with E-state index < -0.39 is 21.7 Å². The lowest BCUT2D eigenvalue weighted by Crippen LogP contribution is -2.27. The highest BCUT2D eigenvalue weighted by Gasteiger charge is 2.19. The Hall–Kier alpha value is -3.40. The molecule has 0 spiro atoms. The maximum Gasteiger partial charge on any atom is 0.241 e. The number of nitrogens with zero attached hydrogens (tertiary/aromatic N) is 2. The predicted octanol–water partition coefficient (Wildman–Crippen LogP) is 3.76. The number of aromatic amines is 1. The average Bonchev–Trinajstić information content (AvgIpc) is 3.19. The standard InChI is InChI=1S/C22H27N5O4S/c1-14(2)21-24-22(26-25-21)18-7-5-6-8-19(18)23-20(28)13-32(29,30)27-16-9-11-17(12-10-16)31-15(3)4/h5-12,14-15,27H,13H2,1-4H3,(H,23,28)(H,24,25,26). The van der Waals surface area contributed by atoms with E-state index in [2.05, 4.69) is 25.2 Å². The van der Waals surface area contributed by atoms with Gasteiger partial charge in [0.2, 0.25) is 15.9 Å². The molecule has 1 aromatic heterocycles. The van der Waals surface area contributed by atoms with Gasteiger partial charge in [-0.15, -0.1) is 0 Å². The Morgan fingerprint density at radius 2 is 1.75 bits per heavy atom. The van der Waals surface area contributed by atoms with Crippen LogP contribution in [0.25, 0.3) is 11.4 Å². The minimum Gasteiger partial charge on any atom is -0.491 e. The number of aromatic nitrogens is 3. The molecule has 10 heteroatoms. The van der Waals surface area contributed by atoms with Crippen molar-refractivity contribution < 1.29 is 17.9 Å². The molecule has 170 valence electrons. The number of carbonyl (C=O) groups is 1. The summed E-state index contributed by atoms with van der Waals surface area (Å²) in [6, 6.07) is 13.5. The van der Waals surface area contributed by atoms with Crippen molar-refractivity contribution in [1.82, 2.24) is 15.2 Å². The third kappa shape index (κ3) is 6.30. The second-order valence-electron chi connectivity index (χ2n) is 7.84. The Labute approximate surface area is 187 Å². The van der Waals surface area contributed by atoms with Crippen LogP contribution in [-0.2, 0) is 14.8 Å². The number of nitrogens with one attached hydrogen (secondary N) is 3. The first-order valence-electron chi connectivity index (χ1n) is 10.2. The average molecular weight is 458 g/mol. The molecule has 9 nitrogen and oxygen atoms in total. The normalized spacial score (nSPS) is 11.6. The Morgan fingerprint density at radius 3 is 2.38 bits per heavy atom. The van der Waals surface area contributed by atoms with Crippen molar-refractivity contribution in [3.63, 3.8) is 0 Å². The molecule has 2 aromatic carbocycles. The van der Waals surface area contributed by atoms with Crippen molar-refractivity contribution in [1.29, 1.82) is 0 Å². The van der Waals surface area contributed by atoms with Crippen molar-refractivity contribution in [2.75, 3.05) is 15.8 Å². The first-order chi connectivity index (χ1) is 15.1. The monoisotopic (exact) mass is 457 g/mol. The van der Waals surface area contributed by atoms with Gasteiger partial charge in [0.25, 0.3) is 0 Å². The van der Waals surface area contributed by atoms with Gasteiger partial charge >= 0.3 is 0 Å². The summed E-state index contributed by atoms with van der Waals surface area (Å²) >= 11 is 0. The van der Waals surface area contributed by atoms with Crippen LogP contribution in [0.4, 0.5) is 11.4 Å². The van der Waals surface area contributed by atoms with E-state index in [0.717, 1.165) is 5.82 Å². The summed E-state index contributed by atoms with van der Waals surface area (Å²) in [5, 5.41) is 9.73. The van der Waals surface area contributed by atoms with Crippen LogP contribution in [0.2, 0.25) is 0 Å². The van der Waals surface area contributed by atoms with Crippen LogP contribution in [0.5, 0.6) is 5.75 Å². The van der Waals surface area contributed by atoms with Crippen LogP contribution in [0.3, 0.4) is 0 Å². The number of para-hydroxylation sites is 1. The minimum atomic E-state index is -3.91. The molecule has 0 atom stereocenters. The van der Waals surface area contributed by atoms with Crippen LogP contribution in [0.1, 0.15) is 39.4 Å². The van der Waals surface area contributed by atoms with E-state index in [1.165, 1.54) is 0 Å². The summed E-state index contributed by atoms with van der Waals surface area (Å²) < 4.78 is 32.9. The smallest absolute Gasteiger partial charge is 0.241 e. The van der Waals surface area contributed by atoms with Crippen molar-refractivity contribution in [3.05, 3.63) is 54.4 Å². The molecule has 0 aliphatic rings. The summed E-state index contributed by atoms with van der Waals surface area (Å²) in [7, 11) is -3.91. The van der Waals surface area contributed by atoms with Gasteiger partial charge in [0.05, 0.1) is 11.8 Å². The zero-order valence-electron chi connectivity index (χ0n) is 18.4. The van der Waals surface area contributed by atoms with Crippen molar-refractivity contribution in [3.8, 4) is 17.1 Å². The molecule has 0 bridgehead atoms. The van der Waals surface area contributed by atoms with Gasteiger partial charge in [0, 0.05) is 17.2 Å². The lowest BCUT2D eigenvalue weighted by atomic mass is 10.1. The highest BCUT2D eigenvalue weighted by atomic mass is 32.2. The molecule has 3 rings (SSSR count). The lowest BCUT2D eigenvalue weighted by Gasteiger charge is -2.12. The molecule has 1 heterocycles. The Morgan fingerprint density at radius 1 is 1.06 bits per heavy atom. The molecular formula is C22H27N5O4S.